The number of sulfonamides is 1. The van der Waals surface area contributed by atoms with E-state index in [0.717, 1.165) is 5.69 Å². The molecule has 0 saturated carbocycles. The lowest BCUT2D eigenvalue weighted by atomic mass is 10.3. The molecule has 21 heavy (non-hydrogen) atoms. The number of nitrogens with zero attached hydrogens (tertiary/aromatic N) is 1. The fourth-order valence-electron chi connectivity index (χ4n) is 1.90. The average molecular weight is 306 g/mol. The maximum Gasteiger partial charge on any atom is 0.264 e. The van der Waals surface area contributed by atoms with Gasteiger partial charge in [0.05, 0.1) is 17.7 Å². The Bertz CT molecular complexity index is 712. The summed E-state index contributed by atoms with van der Waals surface area (Å²) in [6.45, 7) is 0. The van der Waals surface area contributed by atoms with E-state index in [1.807, 2.05) is 0 Å². The zero-order chi connectivity index (χ0) is 15.5. The first-order chi connectivity index (χ1) is 9.98. The summed E-state index contributed by atoms with van der Waals surface area (Å²) in [5, 5.41) is 2.96. The number of benzene rings is 2. The number of rotatable bonds is 5. The van der Waals surface area contributed by atoms with Crippen molar-refractivity contribution < 1.29 is 13.2 Å². The Balaban J connectivity index is 2.37. The number of methoxy groups -OCH3 is 1. The van der Waals surface area contributed by atoms with Crippen molar-refractivity contribution in [1.82, 2.24) is 0 Å². The molecule has 0 aromatic heterocycles. The largest absolute Gasteiger partial charge is 0.497 e. The number of nitrogens with one attached hydrogen (secondary N) is 1. The average Bonchev–Trinajstić information content (AvgIpc) is 2.54. The first kappa shape index (κ1) is 15.2. The Hall–Kier alpha value is -2.21. The van der Waals surface area contributed by atoms with Crippen LogP contribution in [0.4, 0.5) is 11.4 Å². The van der Waals surface area contributed by atoms with Crippen LogP contribution in [0.5, 0.6) is 5.75 Å². The summed E-state index contributed by atoms with van der Waals surface area (Å²) in [5.41, 5.74) is 1.41. The van der Waals surface area contributed by atoms with Gasteiger partial charge in [0.2, 0.25) is 0 Å². The van der Waals surface area contributed by atoms with Crippen molar-refractivity contribution >= 4 is 21.4 Å². The Morgan fingerprint density at radius 3 is 2.33 bits per heavy atom. The van der Waals surface area contributed by atoms with Crippen molar-refractivity contribution in [2.24, 2.45) is 0 Å². The molecule has 112 valence electrons. The lowest BCUT2D eigenvalue weighted by Gasteiger charge is -2.20. The lowest BCUT2D eigenvalue weighted by molar-refractivity contribution is 0.415. The van der Waals surface area contributed by atoms with E-state index in [9.17, 15) is 8.42 Å². The standard InChI is InChI=1S/C15H18N2O3S/c1-16-12-7-9-15(10-8-12)21(18,19)17(2)13-5-4-6-14(11-13)20-3/h4-11,16H,1-3H3. The van der Waals surface area contributed by atoms with E-state index >= 15 is 0 Å². The molecule has 1 N–H and O–H groups in total. The molecule has 0 heterocycles. The first-order valence-corrected chi connectivity index (χ1v) is 7.84. The van der Waals surface area contributed by atoms with Crippen LogP contribution in [0.3, 0.4) is 0 Å². The summed E-state index contributed by atoms with van der Waals surface area (Å²) in [5.74, 6) is 0.611. The zero-order valence-electron chi connectivity index (χ0n) is 12.2. The van der Waals surface area contributed by atoms with Crippen LogP contribution in [0.15, 0.2) is 53.4 Å². The molecule has 0 bridgehead atoms. The summed E-state index contributed by atoms with van der Waals surface area (Å²) in [4.78, 5) is 0.242. The van der Waals surface area contributed by atoms with Crippen molar-refractivity contribution in [2.75, 3.05) is 30.8 Å². The van der Waals surface area contributed by atoms with Crippen LogP contribution in [-0.2, 0) is 10.0 Å². The Morgan fingerprint density at radius 2 is 1.76 bits per heavy atom. The summed E-state index contributed by atoms with van der Waals surface area (Å²) < 4.78 is 31.6. The molecule has 2 aromatic carbocycles. The highest BCUT2D eigenvalue weighted by molar-refractivity contribution is 7.92. The van der Waals surface area contributed by atoms with Gasteiger partial charge in [-0.1, -0.05) is 6.07 Å². The highest BCUT2D eigenvalue weighted by Gasteiger charge is 2.21. The molecular weight excluding hydrogens is 288 g/mol. The molecule has 0 atom stereocenters. The second-order valence-corrected chi connectivity index (χ2v) is 6.42. The maximum atomic E-state index is 12.6. The Kier molecular flexibility index (Phi) is 4.37. The maximum absolute atomic E-state index is 12.6. The number of hydrogen-bond acceptors (Lipinski definition) is 4. The number of hydrogen-bond donors (Lipinski definition) is 1. The van der Waals surface area contributed by atoms with Gasteiger partial charge in [-0.3, -0.25) is 4.31 Å². The zero-order valence-corrected chi connectivity index (χ0v) is 13.0. The fourth-order valence-corrected chi connectivity index (χ4v) is 3.08. The number of anilines is 2. The van der Waals surface area contributed by atoms with Crippen molar-refractivity contribution in [1.29, 1.82) is 0 Å². The minimum Gasteiger partial charge on any atom is -0.497 e. The van der Waals surface area contributed by atoms with Crippen molar-refractivity contribution in [2.45, 2.75) is 4.90 Å². The third kappa shape index (κ3) is 3.11. The van der Waals surface area contributed by atoms with Gasteiger partial charge in [-0.25, -0.2) is 8.42 Å². The van der Waals surface area contributed by atoms with Gasteiger partial charge in [-0.05, 0) is 36.4 Å². The smallest absolute Gasteiger partial charge is 0.264 e. The molecule has 0 aliphatic rings. The highest BCUT2D eigenvalue weighted by atomic mass is 32.2. The molecule has 0 spiro atoms. The van der Waals surface area contributed by atoms with E-state index in [2.05, 4.69) is 5.32 Å². The predicted molar refractivity (Wildman–Crippen MR) is 84.6 cm³/mol. The highest BCUT2D eigenvalue weighted by Crippen LogP contribution is 2.25. The molecule has 0 saturated heterocycles. The van der Waals surface area contributed by atoms with Gasteiger partial charge in [-0.2, -0.15) is 0 Å². The van der Waals surface area contributed by atoms with Crippen LogP contribution in [0.1, 0.15) is 0 Å². The second kappa shape index (κ2) is 6.05. The molecule has 0 fully saturated rings. The van der Waals surface area contributed by atoms with Crippen LogP contribution in [0.25, 0.3) is 0 Å². The van der Waals surface area contributed by atoms with Gasteiger partial charge in [0, 0.05) is 25.8 Å². The van der Waals surface area contributed by atoms with Crippen LogP contribution < -0.4 is 14.4 Å². The topological polar surface area (TPSA) is 58.6 Å². The monoisotopic (exact) mass is 306 g/mol. The molecular formula is C15H18N2O3S. The van der Waals surface area contributed by atoms with Crippen molar-refractivity contribution in [3.8, 4) is 5.75 Å². The van der Waals surface area contributed by atoms with E-state index in [1.54, 1.807) is 62.7 Å². The van der Waals surface area contributed by atoms with Crippen molar-refractivity contribution in [3.05, 3.63) is 48.5 Å². The van der Waals surface area contributed by atoms with Crippen molar-refractivity contribution in [3.63, 3.8) is 0 Å². The normalized spacial score (nSPS) is 11.0. The molecule has 0 radical (unpaired) electrons. The summed E-state index contributed by atoms with van der Waals surface area (Å²) in [6.07, 6.45) is 0. The summed E-state index contributed by atoms with van der Waals surface area (Å²) >= 11 is 0. The minimum absolute atomic E-state index is 0.242. The molecule has 5 nitrogen and oxygen atoms in total. The fraction of sp³-hybridized carbons (Fsp3) is 0.200. The van der Waals surface area contributed by atoms with Gasteiger partial charge in [-0.15, -0.1) is 0 Å². The number of ether oxygens (including phenoxy) is 1. The first-order valence-electron chi connectivity index (χ1n) is 6.40. The van der Waals surface area contributed by atoms with Crippen LogP contribution in [-0.4, -0.2) is 29.6 Å². The summed E-state index contributed by atoms with van der Waals surface area (Å²) in [6, 6.07) is 13.5. The van der Waals surface area contributed by atoms with Gasteiger partial charge < -0.3 is 10.1 Å². The van der Waals surface area contributed by atoms with Gasteiger partial charge >= 0.3 is 0 Å². The third-order valence-electron chi connectivity index (χ3n) is 3.22. The predicted octanol–water partition coefficient (Wildman–Crippen LogP) is 2.56. The van der Waals surface area contributed by atoms with Gasteiger partial charge in [0.15, 0.2) is 0 Å². The SMILES string of the molecule is CNc1ccc(S(=O)(=O)N(C)c2cccc(OC)c2)cc1. The van der Waals surface area contributed by atoms with Gasteiger partial charge in [0.1, 0.15) is 5.75 Å². The van der Waals surface area contributed by atoms with Crippen LogP contribution >= 0.6 is 0 Å². The van der Waals surface area contributed by atoms with E-state index in [0.29, 0.717) is 11.4 Å². The molecule has 6 heteroatoms. The van der Waals surface area contributed by atoms with E-state index in [4.69, 9.17) is 4.74 Å². The molecule has 0 unspecified atom stereocenters. The van der Waals surface area contributed by atoms with E-state index in [-0.39, 0.29) is 4.90 Å². The van der Waals surface area contributed by atoms with E-state index < -0.39 is 10.0 Å². The third-order valence-corrected chi connectivity index (χ3v) is 5.02. The summed E-state index contributed by atoms with van der Waals surface area (Å²) in [7, 11) is 1.26. The molecule has 0 aliphatic carbocycles. The Morgan fingerprint density at radius 1 is 1.10 bits per heavy atom. The minimum atomic E-state index is -3.59. The van der Waals surface area contributed by atoms with Gasteiger partial charge in [0.25, 0.3) is 10.0 Å². The molecule has 0 amide bonds. The quantitative estimate of drug-likeness (QED) is 0.922. The van der Waals surface area contributed by atoms with Crippen LogP contribution in [0, 0.1) is 0 Å². The lowest BCUT2D eigenvalue weighted by Crippen LogP contribution is -2.26. The second-order valence-electron chi connectivity index (χ2n) is 4.45. The van der Waals surface area contributed by atoms with Crippen LogP contribution in [0.2, 0.25) is 0 Å². The molecule has 2 rings (SSSR count). The molecule has 0 aliphatic heterocycles. The molecule has 2 aromatic rings. The van der Waals surface area contributed by atoms with E-state index in [1.165, 1.54) is 11.4 Å². The Labute approximate surface area is 125 Å².